The fourth-order valence-electron chi connectivity index (χ4n) is 4.03. The molecule has 0 aliphatic carbocycles. The van der Waals surface area contributed by atoms with E-state index in [9.17, 15) is 19.5 Å². The van der Waals surface area contributed by atoms with Crippen molar-refractivity contribution in [2.24, 2.45) is 11.8 Å². The SMILES string of the molecule is CC(C)[C@H]1CC[C@H](NC(=O)OC(C)(C)C)C(=O)N2[C@H](CC[C@H]2C(=O)O)C1. The summed E-state index contributed by atoms with van der Waals surface area (Å²) in [6.45, 7) is 9.59. The molecule has 2 N–H and O–H groups in total. The summed E-state index contributed by atoms with van der Waals surface area (Å²) in [5, 5.41) is 12.2. The molecule has 2 aliphatic rings. The van der Waals surface area contributed by atoms with Crippen LogP contribution in [0.1, 0.15) is 66.7 Å². The van der Waals surface area contributed by atoms with E-state index in [-0.39, 0.29) is 11.9 Å². The molecule has 148 valence electrons. The molecule has 0 spiro atoms. The van der Waals surface area contributed by atoms with Gasteiger partial charge in [0.15, 0.2) is 0 Å². The van der Waals surface area contributed by atoms with Crippen LogP contribution in [0.25, 0.3) is 0 Å². The zero-order valence-electron chi connectivity index (χ0n) is 16.4. The van der Waals surface area contributed by atoms with Crippen molar-refractivity contribution < 1.29 is 24.2 Å². The molecule has 7 nitrogen and oxygen atoms in total. The molecule has 26 heavy (non-hydrogen) atoms. The molecule has 0 aromatic carbocycles. The maximum atomic E-state index is 13.1. The third kappa shape index (κ3) is 4.89. The van der Waals surface area contributed by atoms with Gasteiger partial charge in [0.1, 0.15) is 17.7 Å². The number of carboxylic acids is 1. The third-order valence-corrected chi connectivity index (χ3v) is 5.37. The summed E-state index contributed by atoms with van der Waals surface area (Å²) in [6.07, 6.45) is 2.68. The van der Waals surface area contributed by atoms with Gasteiger partial charge in [-0.15, -0.1) is 0 Å². The highest BCUT2D eigenvalue weighted by Crippen LogP contribution is 2.36. The first kappa shape index (κ1) is 20.5. The summed E-state index contributed by atoms with van der Waals surface area (Å²) >= 11 is 0. The van der Waals surface area contributed by atoms with E-state index >= 15 is 0 Å². The number of ether oxygens (including phenoxy) is 1. The molecule has 2 amide bonds. The van der Waals surface area contributed by atoms with E-state index in [0.29, 0.717) is 31.1 Å². The Labute approximate surface area is 155 Å². The molecular weight excluding hydrogens is 336 g/mol. The van der Waals surface area contributed by atoms with Crippen LogP contribution in [0.4, 0.5) is 4.79 Å². The first-order chi connectivity index (χ1) is 12.0. The predicted molar refractivity (Wildman–Crippen MR) is 96.6 cm³/mol. The van der Waals surface area contributed by atoms with Crippen LogP contribution >= 0.6 is 0 Å². The highest BCUT2D eigenvalue weighted by Gasteiger charge is 2.45. The zero-order chi connectivity index (χ0) is 19.6. The van der Waals surface area contributed by atoms with Gasteiger partial charge in [0.25, 0.3) is 0 Å². The van der Waals surface area contributed by atoms with Gasteiger partial charge < -0.3 is 20.1 Å². The number of carboxylic acid groups (broad SMARTS) is 1. The van der Waals surface area contributed by atoms with Gasteiger partial charge in [-0.05, 0) is 64.7 Å². The molecular formula is C19H32N2O5. The Morgan fingerprint density at radius 1 is 1.19 bits per heavy atom. The standard InChI is InChI=1S/C19H32N2O5/c1-11(2)12-6-8-14(20-18(25)26-19(3,4)5)16(22)21-13(10-12)7-9-15(21)17(23)24/h11-15H,6-10H2,1-5H3,(H,20,25)(H,23,24)/t12-,13+,14-,15-/m0/s1. The third-order valence-electron chi connectivity index (χ3n) is 5.37. The second kappa shape index (κ2) is 7.84. The first-order valence-corrected chi connectivity index (χ1v) is 9.54. The molecule has 0 saturated carbocycles. The Hall–Kier alpha value is -1.79. The number of hydrogen-bond acceptors (Lipinski definition) is 4. The van der Waals surface area contributed by atoms with Gasteiger partial charge in [-0.1, -0.05) is 13.8 Å². The molecule has 0 unspecified atom stereocenters. The Balaban J connectivity index is 2.22. The summed E-state index contributed by atoms with van der Waals surface area (Å²) < 4.78 is 5.28. The van der Waals surface area contributed by atoms with Crippen molar-refractivity contribution in [2.75, 3.05) is 0 Å². The highest BCUT2D eigenvalue weighted by atomic mass is 16.6. The van der Waals surface area contributed by atoms with Crippen LogP contribution in [-0.2, 0) is 14.3 Å². The number of nitrogens with one attached hydrogen (secondary N) is 1. The lowest BCUT2D eigenvalue weighted by Gasteiger charge is -2.38. The quantitative estimate of drug-likeness (QED) is 0.798. The van der Waals surface area contributed by atoms with Gasteiger partial charge in [0.2, 0.25) is 5.91 Å². The molecule has 0 aromatic heterocycles. The lowest BCUT2D eigenvalue weighted by Crippen LogP contribution is -2.56. The van der Waals surface area contributed by atoms with Crippen LogP contribution in [0.15, 0.2) is 0 Å². The van der Waals surface area contributed by atoms with Gasteiger partial charge in [0, 0.05) is 6.04 Å². The van der Waals surface area contributed by atoms with Crippen LogP contribution in [0.2, 0.25) is 0 Å². The summed E-state index contributed by atoms with van der Waals surface area (Å²) in [5.74, 6) is -0.436. The number of nitrogens with zero attached hydrogens (tertiary/aromatic N) is 1. The predicted octanol–water partition coefficient (Wildman–Crippen LogP) is 2.78. The largest absolute Gasteiger partial charge is 0.480 e. The highest BCUT2D eigenvalue weighted by molar-refractivity contribution is 5.90. The van der Waals surface area contributed by atoms with Crippen LogP contribution in [0, 0.1) is 11.8 Å². The maximum absolute atomic E-state index is 13.1. The zero-order valence-corrected chi connectivity index (χ0v) is 16.4. The Morgan fingerprint density at radius 3 is 2.38 bits per heavy atom. The van der Waals surface area contributed by atoms with E-state index in [1.165, 1.54) is 4.90 Å². The van der Waals surface area contributed by atoms with Crippen molar-refractivity contribution in [3.8, 4) is 0 Å². The Kier molecular flexibility index (Phi) is 6.19. The summed E-state index contributed by atoms with van der Waals surface area (Å²) in [7, 11) is 0. The maximum Gasteiger partial charge on any atom is 0.408 e. The number of fused-ring (bicyclic) bond motifs is 1. The van der Waals surface area contributed by atoms with Crippen LogP contribution in [-0.4, -0.2) is 51.7 Å². The first-order valence-electron chi connectivity index (χ1n) is 9.54. The van der Waals surface area contributed by atoms with Crippen LogP contribution < -0.4 is 5.32 Å². The number of rotatable bonds is 3. The lowest BCUT2D eigenvalue weighted by molar-refractivity contribution is -0.151. The summed E-state index contributed by atoms with van der Waals surface area (Å²) in [4.78, 5) is 38.4. The average molecular weight is 368 g/mol. The monoisotopic (exact) mass is 368 g/mol. The van der Waals surface area contributed by atoms with E-state index < -0.39 is 29.7 Å². The van der Waals surface area contributed by atoms with Gasteiger partial charge in [-0.3, -0.25) is 4.79 Å². The van der Waals surface area contributed by atoms with E-state index in [1.807, 2.05) is 0 Å². The summed E-state index contributed by atoms with van der Waals surface area (Å²) in [5.41, 5.74) is -0.658. The van der Waals surface area contributed by atoms with Crippen LogP contribution in [0.5, 0.6) is 0 Å². The fraction of sp³-hybridized carbons (Fsp3) is 0.842. The van der Waals surface area contributed by atoms with E-state index in [0.717, 1.165) is 12.8 Å². The van der Waals surface area contributed by atoms with Crippen molar-refractivity contribution in [1.82, 2.24) is 10.2 Å². The lowest BCUT2D eigenvalue weighted by atomic mass is 9.82. The normalized spacial score (nSPS) is 29.8. The molecule has 7 heteroatoms. The molecule has 2 aliphatic heterocycles. The number of amides is 2. The van der Waals surface area contributed by atoms with Crippen molar-refractivity contribution >= 4 is 18.0 Å². The average Bonchev–Trinajstić information content (AvgIpc) is 2.89. The van der Waals surface area contributed by atoms with E-state index in [4.69, 9.17) is 4.74 Å². The van der Waals surface area contributed by atoms with Gasteiger partial charge >= 0.3 is 12.1 Å². The van der Waals surface area contributed by atoms with E-state index in [2.05, 4.69) is 19.2 Å². The Morgan fingerprint density at radius 2 is 1.85 bits per heavy atom. The minimum atomic E-state index is -0.974. The number of hydrogen-bond donors (Lipinski definition) is 2. The molecule has 0 bridgehead atoms. The van der Waals surface area contributed by atoms with Crippen molar-refractivity contribution in [1.29, 1.82) is 0 Å². The van der Waals surface area contributed by atoms with Gasteiger partial charge in [0.05, 0.1) is 0 Å². The number of alkyl carbamates (subject to hydrolysis) is 1. The topological polar surface area (TPSA) is 95.9 Å². The van der Waals surface area contributed by atoms with Crippen LogP contribution in [0.3, 0.4) is 0 Å². The Bertz CT molecular complexity index is 555. The number of carbonyl (C=O) groups is 3. The molecule has 2 heterocycles. The minimum Gasteiger partial charge on any atom is -0.480 e. The second-order valence-corrected chi connectivity index (χ2v) is 8.85. The van der Waals surface area contributed by atoms with Gasteiger partial charge in [-0.25, -0.2) is 9.59 Å². The molecule has 2 rings (SSSR count). The summed E-state index contributed by atoms with van der Waals surface area (Å²) in [6, 6.07) is -1.62. The van der Waals surface area contributed by atoms with Gasteiger partial charge in [-0.2, -0.15) is 0 Å². The molecule has 0 aromatic rings. The smallest absolute Gasteiger partial charge is 0.408 e. The molecule has 4 atom stereocenters. The molecule has 2 fully saturated rings. The number of carbonyl (C=O) groups excluding carboxylic acids is 2. The van der Waals surface area contributed by atoms with Crippen molar-refractivity contribution in [2.45, 2.75) is 90.4 Å². The molecule has 2 saturated heterocycles. The number of aliphatic carboxylic acids is 1. The second-order valence-electron chi connectivity index (χ2n) is 8.85. The van der Waals surface area contributed by atoms with Crippen molar-refractivity contribution in [3.05, 3.63) is 0 Å². The van der Waals surface area contributed by atoms with Crippen molar-refractivity contribution in [3.63, 3.8) is 0 Å². The fourth-order valence-corrected chi connectivity index (χ4v) is 4.03. The minimum absolute atomic E-state index is 0.0702. The molecule has 0 radical (unpaired) electrons. The van der Waals surface area contributed by atoms with E-state index in [1.54, 1.807) is 20.8 Å².